The Morgan fingerprint density at radius 1 is 0.308 bits per heavy atom. The van der Waals surface area contributed by atoms with E-state index in [0.717, 1.165) is 33.4 Å². The van der Waals surface area contributed by atoms with Crippen molar-refractivity contribution < 1.29 is 51.8 Å². The van der Waals surface area contributed by atoms with Gasteiger partial charge < -0.3 is 51.8 Å². The van der Waals surface area contributed by atoms with Crippen molar-refractivity contribution in [2.75, 3.05) is 18.9 Å². The van der Waals surface area contributed by atoms with E-state index in [2.05, 4.69) is 0 Å². The van der Waals surface area contributed by atoms with Gasteiger partial charge >= 0.3 is 0 Å². The highest BCUT2D eigenvalue weighted by Crippen LogP contribution is 2.52. The van der Waals surface area contributed by atoms with Crippen LogP contribution in [-0.2, 0) is 91.4 Å². The third kappa shape index (κ3) is 16.0. The molecule has 0 N–H and O–H groups in total. The van der Waals surface area contributed by atoms with E-state index < -0.39 is 69.1 Å². The van der Waals surface area contributed by atoms with E-state index in [0.29, 0.717) is 21.2 Å². The van der Waals surface area contributed by atoms with Crippen molar-refractivity contribution in [3.8, 4) is 0 Å². The third-order valence-electron chi connectivity index (χ3n) is 16.8. The van der Waals surface area contributed by atoms with Crippen molar-refractivity contribution in [3.63, 3.8) is 0 Å². The summed E-state index contributed by atoms with van der Waals surface area (Å²) in [5, 5.41) is 2.60. The van der Waals surface area contributed by atoms with Crippen LogP contribution < -0.4 is 21.2 Å². The van der Waals surface area contributed by atoms with E-state index in [9.17, 15) is 0 Å². The quantitative estimate of drug-likeness (QED) is 0.0417. The Balaban J connectivity index is 1.05. The number of hydrogen-bond donors (Lipinski definition) is 0. The Bertz CT molecular complexity index is 3760. The maximum atomic E-state index is 16.7. The SMILES string of the molecule is O=P(C[C@H]1O[C@@](COCc2ccccc2)(O[C@H]2O[C@H](CP(=O)(c3ccccc3)c3ccccc3)[C@@H](OCc3ccccc3)[C@H](OCc3ccccc3)[C@H]2OCc2ccccc2)[C@@H](OCc2ccccc2)[C@@H]1OCc1ccccc1)(c1ccccc1)c1ccccc1. The zero-order valence-corrected chi connectivity index (χ0v) is 52.5. The first-order valence-electron chi connectivity index (χ1n) is 31.1. The largest absolute Gasteiger partial charge is 0.371 e. The molecule has 12 rings (SSSR count). The lowest BCUT2D eigenvalue weighted by Crippen LogP contribution is -2.65. The minimum atomic E-state index is -3.63. The fraction of sp³-hybridized carbons (Fsp3) is 0.231. The first-order valence-corrected chi connectivity index (χ1v) is 34.9. The molecular weight excluding hydrogens is 1170 g/mol. The van der Waals surface area contributed by atoms with Gasteiger partial charge in [0, 0.05) is 33.5 Å². The maximum Gasteiger partial charge on any atom is 0.224 e. The Labute approximate surface area is 534 Å². The average molecular weight is 1250 g/mol. The van der Waals surface area contributed by atoms with Crippen LogP contribution in [-0.4, -0.2) is 73.7 Å². The topological polar surface area (TPSA) is 117 Å². The summed E-state index contributed by atoms with van der Waals surface area (Å²) >= 11 is 0. The molecule has 0 radical (unpaired) electrons. The monoisotopic (exact) mass is 1250 g/mol. The molecule has 2 heterocycles. The van der Waals surface area contributed by atoms with Gasteiger partial charge in [-0.3, -0.25) is 0 Å². The predicted octanol–water partition coefficient (Wildman–Crippen LogP) is 14.0. The Morgan fingerprint density at radius 3 is 0.956 bits per heavy atom. The van der Waals surface area contributed by atoms with Crippen LogP contribution in [0.2, 0.25) is 0 Å². The van der Waals surface area contributed by atoms with Gasteiger partial charge in [-0.15, -0.1) is 0 Å². The molecule has 2 fully saturated rings. The minimum absolute atomic E-state index is 0.0207. The summed E-state index contributed by atoms with van der Waals surface area (Å²) in [6.07, 6.45) is -8.54. The number of benzene rings is 10. The summed E-state index contributed by atoms with van der Waals surface area (Å²) in [6.45, 7) is 0.581. The molecule has 0 spiro atoms. The van der Waals surface area contributed by atoms with Crippen molar-refractivity contribution in [3.05, 3.63) is 337 Å². The summed E-state index contributed by atoms with van der Waals surface area (Å²) in [4.78, 5) is 0. The molecular formula is C78H76O11P2. The molecule has 2 saturated heterocycles. The summed E-state index contributed by atoms with van der Waals surface area (Å²) in [7, 11) is -7.23. The lowest BCUT2D eigenvalue weighted by atomic mass is 9.97. The van der Waals surface area contributed by atoms with Crippen LogP contribution in [0, 0.1) is 0 Å². The van der Waals surface area contributed by atoms with E-state index >= 15 is 9.13 Å². The molecule has 10 aromatic carbocycles. The van der Waals surface area contributed by atoms with E-state index in [-0.39, 0.29) is 58.6 Å². The number of ether oxygens (including phenoxy) is 9. The van der Waals surface area contributed by atoms with Crippen LogP contribution in [0.5, 0.6) is 0 Å². The molecule has 0 aromatic heterocycles. The van der Waals surface area contributed by atoms with Crippen LogP contribution in [0.4, 0.5) is 0 Å². The molecule has 0 saturated carbocycles. The van der Waals surface area contributed by atoms with Gasteiger partial charge in [0.1, 0.15) is 51.4 Å². The Morgan fingerprint density at radius 2 is 0.593 bits per heavy atom. The molecule has 9 atom stereocenters. The van der Waals surface area contributed by atoms with E-state index in [4.69, 9.17) is 42.6 Å². The average Bonchev–Trinajstić information content (AvgIpc) is 1.72. The summed E-state index contributed by atoms with van der Waals surface area (Å²) in [5.41, 5.74) is 5.42. The fourth-order valence-electron chi connectivity index (χ4n) is 12.1. The first-order chi connectivity index (χ1) is 44.8. The second-order valence-corrected chi connectivity index (χ2v) is 28.8. The fourth-order valence-corrected chi connectivity index (χ4v) is 17.8. The highest BCUT2D eigenvalue weighted by Gasteiger charge is 2.63. The lowest BCUT2D eigenvalue weighted by Gasteiger charge is -2.49. The smallest absolute Gasteiger partial charge is 0.224 e. The maximum absolute atomic E-state index is 16.7. The van der Waals surface area contributed by atoms with Gasteiger partial charge in [0.15, 0.2) is 6.29 Å². The van der Waals surface area contributed by atoms with Crippen molar-refractivity contribution in [1.29, 1.82) is 0 Å². The van der Waals surface area contributed by atoms with Crippen LogP contribution in [0.15, 0.2) is 303 Å². The molecule has 0 amide bonds. The van der Waals surface area contributed by atoms with E-state index in [1.807, 2.05) is 303 Å². The van der Waals surface area contributed by atoms with Crippen LogP contribution in [0.3, 0.4) is 0 Å². The highest BCUT2D eigenvalue weighted by atomic mass is 31.2. The molecule has 2 aliphatic rings. The van der Waals surface area contributed by atoms with E-state index in [1.54, 1.807) is 0 Å². The van der Waals surface area contributed by atoms with Gasteiger partial charge in [-0.2, -0.15) is 0 Å². The van der Waals surface area contributed by atoms with Crippen LogP contribution in [0.1, 0.15) is 33.4 Å². The molecule has 91 heavy (non-hydrogen) atoms. The zero-order valence-electron chi connectivity index (χ0n) is 50.7. The van der Waals surface area contributed by atoms with Crippen molar-refractivity contribution in [2.45, 2.75) is 94.4 Å². The molecule has 2 aliphatic heterocycles. The van der Waals surface area contributed by atoms with Gasteiger partial charge in [0.2, 0.25) is 5.79 Å². The second-order valence-electron chi connectivity index (χ2n) is 23.1. The summed E-state index contributed by atoms with van der Waals surface area (Å²) in [6, 6.07) is 97.9. The molecule has 464 valence electrons. The molecule has 0 bridgehead atoms. The standard InChI is InChI=1S/C78H76O11P2/c79-90(66-43-23-7-24-44-66,67-45-25-8-26-46-67)57-70-72(82-52-61-33-13-2-14-34-61)74(84-54-63-37-17-4-18-38-63)75(85-55-64-39-19-5-20-40-64)77(87-70)89-78(59-81-51-60-31-11-1-12-32-60)76(86-56-65-41-21-6-22-42-65)73(83-53-62-35-15-3-16-36-62)71(88-78)58-91(80,68-47-27-9-28-48-68)69-49-29-10-30-50-69/h1-50,70-77H,51-59H2/t70-,71-,72-,73-,74+,75-,76+,77-,78+/m1/s1. The Kier molecular flexibility index (Phi) is 21.7. The third-order valence-corrected chi connectivity index (χ3v) is 23.0. The van der Waals surface area contributed by atoms with Crippen molar-refractivity contribution >= 4 is 35.5 Å². The first kappa shape index (κ1) is 63.4. The molecule has 11 nitrogen and oxygen atoms in total. The van der Waals surface area contributed by atoms with E-state index in [1.165, 1.54) is 0 Å². The predicted molar refractivity (Wildman–Crippen MR) is 358 cm³/mol. The minimum Gasteiger partial charge on any atom is -0.371 e. The number of hydrogen-bond acceptors (Lipinski definition) is 11. The normalized spacial score (nSPS) is 21.7. The molecule has 0 aliphatic carbocycles. The van der Waals surface area contributed by atoms with Gasteiger partial charge in [0.25, 0.3) is 0 Å². The van der Waals surface area contributed by atoms with Crippen LogP contribution >= 0.6 is 14.3 Å². The molecule has 0 unspecified atom stereocenters. The molecule has 13 heteroatoms. The van der Waals surface area contributed by atoms with Crippen LogP contribution in [0.25, 0.3) is 0 Å². The summed E-state index contributed by atoms with van der Waals surface area (Å²) < 4.78 is 100. The highest BCUT2D eigenvalue weighted by molar-refractivity contribution is 7.79. The second kappa shape index (κ2) is 31.1. The van der Waals surface area contributed by atoms with Crippen molar-refractivity contribution in [1.82, 2.24) is 0 Å². The number of rotatable bonds is 29. The van der Waals surface area contributed by atoms with Gasteiger partial charge in [0.05, 0.1) is 51.8 Å². The summed E-state index contributed by atoms with van der Waals surface area (Å²) in [5.74, 6) is -1.94. The zero-order chi connectivity index (χ0) is 62.0. The van der Waals surface area contributed by atoms with Gasteiger partial charge in [-0.1, -0.05) is 303 Å². The van der Waals surface area contributed by atoms with Gasteiger partial charge in [-0.05, 0) is 33.4 Å². The van der Waals surface area contributed by atoms with Crippen molar-refractivity contribution in [2.24, 2.45) is 0 Å². The van der Waals surface area contributed by atoms with Gasteiger partial charge in [-0.25, -0.2) is 0 Å². The molecule has 10 aromatic rings. The lowest BCUT2D eigenvalue weighted by molar-refractivity contribution is -0.393. The Hall–Kier alpha value is -7.70.